The van der Waals surface area contributed by atoms with Gasteiger partial charge < -0.3 is 24.5 Å². The Morgan fingerprint density at radius 3 is 2.74 bits per heavy atom. The van der Waals surface area contributed by atoms with Gasteiger partial charge in [-0.15, -0.1) is 0 Å². The number of carboxylic acid groups (broad SMARTS) is 1. The van der Waals surface area contributed by atoms with Crippen LogP contribution >= 0.6 is 12.2 Å². The third-order valence-electron chi connectivity index (χ3n) is 5.86. The minimum Gasteiger partial charge on any atom is -0.478 e. The van der Waals surface area contributed by atoms with Crippen molar-refractivity contribution in [3.8, 4) is 11.3 Å². The molecule has 0 saturated carbocycles. The maximum atomic E-state index is 11.6. The monoisotopic (exact) mass is 479 g/mol. The molecule has 2 aromatic heterocycles. The lowest BCUT2D eigenvalue weighted by Gasteiger charge is -2.26. The van der Waals surface area contributed by atoms with Crippen LogP contribution in [0.2, 0.25) is 0 Å². The minimum absolute atomic E-state index is 0.227. The Kier molecular flexibility index (Phi) is 6.93. The highest BCUT2D eigenvalue weighted by Gasteiger charge is 2.41. The van der Waals surface area contributed by atoms with Crippen molar-refractivity contribution >= 4 is 29.3 Å². The number of ether oxygens (including phenoxy) is 1. The van der Waals surface area contributed by atoms with Crippen LogP contribution in [0.4, 0.5) is 0 Å². The lowest BCUT2D eigenvalue weighted by Crippen LogP contribution is -2.30. The van der Waals surface area contributed by atoms with Gasteiger partial charge in [-0.3, -0.25) is 9.78 Å². The second-order valence-electron chi connectivity index (χ2n) is 8.04. The fourth-order valence-corrected chi connectivity index (χ4v) is 4.51. The zero-order valence-electron chi connectivity index (χ0n) is 18.9. The van der Waals surface area contributed by atoms with E-state index in [0.717, 1.165) is 16.8 Å². The molecule has 0 amide bonds. The van der Waals surface area contributed by atoms with Crippen LogP contribution in [-0.2, 0) is 9.53 Å². The van der Waals surface area contributed by atoms with Gasteiger partial charge in [0.25, 0.3) is 0 Å². The number of hydrogen-bond acceptors (Lipinski definition) is 6. The van der Waals surface area contributed by atoms with Gasteiger partial charge in [-0.2, -0.15) is 0 Å². The first-order chi connectivity index (χ1) is 16.4. The highest BCUT2D eigenvalue weighted by molar-refractivity contribution is 7.80. The maximum absolute atomic E-state index is 11.6. The van der Waals surface area contributed by atoms with Crippen LogP contribution < -0.4 is 5.32 Å². The van der Waals surface area contributed by atoms with Gasteiger partial charge in [-0.1, -0.05) is 12.1 Å². The zero-order valence-corrected chi connectivity index (χ0v) is 19.7. The van der Waals surface area contributed by atoms with E-state index < -0.39 is 5.97 Å². The average Bonchev–Trinajstić information content (AvgIpc) is 3.44. The van der Waals surface area contributed by atoms with Crippen molar-refractivity contribution in [3.05, 3.63) is 77.3 Å². The van der Waals surface area contributed by atoms with Gasteiger partial charge in [-0.25, -0.2) is 4.79 Å². The summed E-state index contributed by atoms with van der Waals surface area (Å²) in [7, 11) is 1.37. The van der Waals surface area contributed by atoms with Crippen molar-refractivity contribution in [2.75, 3.05) is 13.7 Å². The van der Waals surface area contributed by atoms with Crippen LogP contribution in [0.15, 0.2) is 59.1 Å². The fourth-order valence-electron chi connectivity index (χ4n) is 4.18. The second kappa shape index (κ2) is 10.0. The van der Waals surface area contributed by atoms with Crippen molar-refractivity contribution in [1.82, 2.24) is 15.2 Å². The van der Waals surface area contributed by atoms with E-state index in [1.807, 2.05) is 42.2 Å². The third-order valence-corrected chi connectivity index (χ3v) is 6.21. The molecule has 2 N–H and O–H groups in total. The number of hydrogen-bond donors (Lipinski definition) is 2. The van der Waals surface area contributed by atoms with Gasteiger partial charge in [0.2, 0.25) is 0 Å². The van der Waals surface area contributed by atoms with Crippen molar-refractivity contribution in [3.63, 3.8) is 0 Å². The highest BCUT2D eigenvalue weighted by atomic mass is 32.1. The van der Waals surface area contributed by atoms with Crippen LogP contribution in [0.5, 0.6) is 0 Å². The number of pyridine rings is 1. The molecule has 1 aliphatic rings. The first-order valence-corrected chi connectivity index (χ1v) is 11.3. The first kappa shape index (κ1) is 23.4. The van der Waals surface area contributed by atoms with E-state index in [0.29, 0.717) is 29.6 Å². The van der Waals surface area contributed by atoms with Crippen molar-refractivity contribution in [1.29, 1.82) is 0 Å². The molecule has 0 spiro atoms. The van der Waals surface area contributed by atoms with Gasteiger partial charge in [0, 0.05) is 24.7 Å². The number of aromatic nitrogens is 1. The Morgan fingerprint density at radius 2 is 2.06 bits per heavy atom. The molecule has 0 bridgehead atoms. The molecule has 2 atom stereocenters. The van der Waals surface area contributed by atoms with Crippen LogP contribution in [0, 0.1) is 6.92 Å². The largest absolute Gasteiger partial charge is 0.478 e. The van der Waals surface area contributed by atoms with Gasteiger partial charge in [0.15, 0.2) is 5.11 Å². The third kappa shape index (κ3) is 4.79. The summed E-state index contributed by atoms with van der Waals surface area (Å²) in [6, 6.07) is 13.9. The average molecular weight is 480 g/mol. The van der Waals surface area contributed by atoms with E-state index in [1.54, 1.807) is 24.4 Å². The number of methoxy groups -OCH3 is 1. The van der Waals surface area contributed by atoms with Crippen molar-refractivity contribution < 1.29 is 23.8 Å². The lowest BCUT2D eigenvalue weighted by molar-refractivity contribution is -0.140. The number of esters is 1. The van der Waals surface area contributed by atoms with Gasteiger partial charge in [-0.05, 0) is 67.5 Å². The van der Waals surface area contributed by atoms with E-state index >= 15 is 0 Å². The molecule has 1 fully saturated rings. The van der Waals surface area contributed by atoms with Crippen LogP contribution in [0.25, 0.3) is 11.3 Å². The smallest absolute Gasteiger partial charge is 0.335 e. The summed E-state index contributed by atoms with van der Waals surface area (Å²) in [5.74, 6) is 0.0897. The number of nitrogens with zero attached hydrogens (tertiary/aromatic N) is 2. The fraction of sp³-hybridized carbons (Fsp3) is 0.280. The quantitative estimate of drug-likeness (QED) is 0.362. The number of aryl methyl sites for hydroxylation is 1. The van der Waals surface area contributed by atoms with Crippen LogP contribution in [-0.4, -0.2) is 45.7 Å². The summed E-state index contributed by atoms with van der Waals surface area (Å²) in [5, 5.41) is 13.2. The summed E-state index contributed by atoms with van der Waals surface area (Å²) >= 11 is 5.64. The van der Waals surface area contributed by atoms with E-state index in [9.17, 15) is 14.7 Å². The molecular weight excluding hydrogens is 454 g/mol. The Balaban J connectivity index is 1.66. The SMILES string of the molecule is COC(=O)CCCN1C(=S)N[C@H](c2ccccn2)[C@@H]1c1ccc(-c2ccc(C(=O)O)cc2C)o1. The number of benzene rings is 1. The molecule has 0 unspecified atom stereocenters. The van der Waals surface area contributed by atoms with E-state index in [2.05, 4.69) is 10.3 Å². The molecular formula is C25H25N3O5S. The number of carbonyl (C=O) groups is 2. The number of thiocarbonyl (C=S) groups is 1. The Hall–Kier alpha value is -3.72. The summed E-state index contributed by atoms with van der Waals surface area (Å²) in [5.41, 5.74) is 2.67. The second-order valence-corrected chi connectivity index (χ2v) is 8.42. The standard InChI is InChI=1S/C25H25N3O5S/c1-15-14-16(24(30)31)8-9-17(15)19-10-11-20(33-19)23-22(18-6-3-4-12-26-18)27-25(34)28(23)13-5-7-21(29)32-2/h3-4,6,8-12,14,22-23H,5,7,13H2,1-2H3,(H,27,34)(H,30,31)/t22-,23+/m1/s1. The Bertz CT molecular complexity index is 1210. The molecule has 9 heteroatoms. The van der Waals surface area contributed by atoms with Crippen molar-refractivity contribution in [2.24, 2.45) is 0 Å². The molecule has 0 radical (unpaired) electrons. The summed E-state index contributed by atoms with van der Waals surface area (Å²) in [6.45, 7) is 2.39. The molecule has 4 rings (SSSR count). The number of nitrogens with one attached hydrogen (secondary N) is 1. The van der Waals surface area contributed by atoms with Gasteiger partial charge in [0.1, 0.15) is 17.6 Å². The van der Waals surface area contributed by atoms with E-state index in [4.69, 9.17) is 21.4 Å². The number of rotatable bonds is 8. The molecule has 176 valence electrons. The molecule has 8 nitrogen and oxygen atoms in total. The summed E-state index contributed by atoms with van der Waals surface area (Å²) in [6.07, 6.45) is 2.59. The molecule has 1 aliphatic heterocycles. The number of furan rings is 1. The number of carbonyl (C=O) groups excluding carboxylic acids is 1. The van der Waals surface area contributed by atoms with Gasteiger partial charge in [0.05, 0.1) is 24.4 Å². The van der Waals surface area contributed by atoms with Crippen LogP contribution in [0.1, 0.15) is 52.3 Å². The van der Waals surface area contributed by atoms with Crippen molar-refractivity contribution in [2.45, 2.75) is 31.8 Å². The highest BCUT2D eigenvalue weighted by Crippen LogP contribution is 2.41. The molecule has 34 heavy (non-hydrogen) atoms. The predicted molar refractivity (Wildman–Crippen MR) is 129 cm³/mol. The molecule has 1 aromatic carbocycles. The Morgan fingerprint density at radius 1 is 1.24 bits per heavy atom. The topological polar surface area (TPSA) is 105 Å². The zero-order chi connectivity index (χ0) is 24.2. The molecule has 3 aromatic rings. The lowest BCUT2D eigenvalue weighted by atomic mass is 10.0. The first-order valence-electron chi connectivity index (χ1n) is 10.9. The van der Waals surface area contributed by atoms with Crippen LogP contribution in [0.3, 0.4) is 0 Å². The number of aromatic carboxylic acids is 1. The summed E-state index contributed by atoms with van der Waals surface area (Å²) in [4.78, 5) is 29.4. The van der Waals surface area contributed by atoms with E-state index in [-0.39, 0.29) is 30.0 Å². The van der Waals surface area contributed by atoms with Gasteiger partial charge >= 0.3 is 11.9 Å². The van der Waals surface area contributed by atoms with E-state index in [1.165, 1.54) is 7.11 Å². The normalized spacial score (nSPS) is 17.5. The summed E-state index contributed by atoms with van der Waals surface area (Å²) < 4.78 is 11.1. The molecule has 3 heterocycles. The minimum atomic E-state index is -0.971. The molecule has 1 saturated heterocycles. The maximum Gasteiger partial charge on any atom is 0.335 e. The predicted octanol–water partition coefficient (Wildman–Crippen LogP) is 4.27. The molecule has 0 aliphatic carbocycles. The number of carboxylic acids is 1. The Labute approximate surface area is 202 Å².